The second-order valence-electron chi connectivity index (χ2n) is 7.41. The van der Waals surface area contributed by atoms with Crippen LogP contribution in [0.25, 0.3) is 0 Å². The van der Waals surface area contributed by atoms with E-state index in [9.17, 15) is 0 Å². The predicted octanol–water partition coefficient (Wildman–Crippen LogP) is 7.92. The summed E-state index contributed by atoms with van der Waals surface area (Å²) in [6.07, 6.45) is 22.1. The van der Waals surface area contributed by atoms with Crippen LogP contribution in [0.1, 0.15) is 124 Å². The highest BCUT2D eigenvalue weighted by Gasteiger charge is 2.08. The maximum atomic E-state index is 6.01. The molecule has 0 amide bonds. The highest BCUT2D eigenvalue weighted by atomic mass is 16.5. The molecule has 1 unspecified atom stereocenters. The summed E-state index contributed by atoms with van der Waals surface area (Å²) >= 11 is 0. The van der Waals surface area contributed by atoms with Crippen molar-refractivity contribution in [3.8, 4) is 0 Å². The third-order valence-electron chi connectivity index (χ3n) is 4.93. The van der Waals surface area contributed by atoms with E-state index >= 15 is 0 Å². The fraction of sp³-hybridized carbons (Fsp3) is 1.00. The SMILES string of the molecule is CCCCCCCCOCC(CCCCC)CCCCCCC. The molecule has 0 aromatic rings. The molecule has 0 aliphatic heterocycles. The van der Waals surface area contributed by atoms with E-state index in [-0.39, 0.29) is 0 Å². The maximum absolute atomic E-state index is 6.01. The van der Waals surface area contributed by atoms with Gasteiger partial charge in [-0.2, -0.15) is 0 Å². The molecule has 0 spiro atoms. The van der Waals surface area contributed by atoms with Crippen molar-refractivity contribution >= 4 is 0 Å². The van der Waals surface area contributed by atoms with Gasteiger partial charge < -0.3 is 4.74 Å². The Morgan fingerprint density at radius 3 is 1.57 bits per heavy atom. The van der Waals surface area contributed by atoms with Crippen molar-refractivity contribution in [3.63, 3.8) is 0 Å². The Morgan fingerprint density at radius 2 is 0.957 bits per heavy atom. The summed E-state index contributed by atoms with van der Waals surface area (Å²) in [5.74, 6) is 0.822. The van der Waals surface area contributed by atoms with Gasteiger partial charge in [-0.3, -0.25) is 0 Å². The topological polar surface area (TPSA) is 9.23 Å². The number of hydrogen-bond donors (Lipinski definition) is 0. The largest absolute Gasteiger partial charge is 0.381 e. The van der Waals surface area contributed by atoms with Crippen molar-refractivity contribution in [2.75, 3.05) is 13.2 Å². The van der Waals surface area contributed by atoms with Crippen LogP contribution in [0.4, 0.5) is 0 Å². The minimum Gasteiger partial charge on any atom is -0.381 e. The van der Waals surface area contributed by atoms with Crippen molar-refractivity contribution < 1.29 is 4.74 Å². The quantitative estimate of drug-likeness (QED) is 0.219. The monoisotopic (exact) mass is 326 g/mol. The van der Waals surface area contributed by atoms with E-state index in [1.54, 1.807) is 0 Å². The average Bonchev–Trinajstić information content (AvgIpc) is 2.56. The van der Waals surface area contributed by atoms with Gasteiger partial charge in [0.1, 0.15) is 0 Å². The summed E-state index contributed by atoms with van der Waals surface area (Å²) in [6, 6.07) is 0. The van der Waals surface area contributed by atoms with E-state index in [0.717, 1.165) is 19.1 Å². The Morgan fingerprint density at radius 1 is 0.522 bits per heavy atom. The lowest BCUT2D eigenvalue weighted by molar-refractivity contribution is 0.0879. The maximum Gasteiger partial charge on any atom is 0.0494 e. The highest BCUT2D eigenvalue weighted by molar-refractivity contribution is 4.60. The molecule has 0 aliphatic rings. The molecule has 0 bridgehead atoms. The summed E-state index contributed by atoms with van der Waals surface area (Å²) in [7, 11) is 0. The zero-order valence-electron chi connectivity index (χ0n) is 16.7. The van der Waals surface area contributed by atoms with Gasteiger partial charge in [0, 0.05) is 13.2 Å². The smallest absolute Gasteiger partial charge is 0.0494 e. The van der Waals surface area contributed by atoms with E-state index in [4.69, 9.17) is 4.74 Å². The molecule has 0 aliphatic carbocycles. The number of hydrogen-bond acceptors (Lipinski definition) is 1. The minimum absolute atomic E-state index is 0.822. The minimum atomic E-state index is 0.822. The molecule has 1 heteroatoms. The summed E-state index contributed by atoms with van der Waals surface area (Å²) in [4.78, 5) is 0. The molecule has 0 aromatic carbocycles. The van der Waals surface area contributed by atoms with Crippen LogP contribution in [0.5, 0.6) is 0 Å². The van der Waals surface area contributed by atoms with Crippen molar-refractivity contribution in [3.05, 3.63) is 0 Å². The molecule has 0 saturated heterocycles. The standard InChI is InChI=1S/C22H46O/c1-4-7-10-12-14-17-20-23-21-22(18-15-9-6-3)19-16-13-11-8-5-2/h22H,4-21H2,1-3H3. The Bertz CT molecular complexity index is 202. The van der Waals surface area contributed by atoms with Crippen LogP contribution >= 0.6 is 0 Å². The lowest BCUT2D eigenvalue weighted by atomic mass is 9.95. The number of unbranched alkanes of at least 4 members (excludes halogenated alkanes) is 11. The van der Waals surface area contributed by atoms with Crippen LogP contribution in [0.2, 0.25) is 0 Å². The second-order valence-corrected chi connectivity index (χ2v) is 7.41. The summed E-state index contributed by atoms with van der Waals surface area (Å²) in [5.41, 5.74) is 0. The Balaban J connectivity index is 3.61. The molecule has 0 fully saturated rings. The first-order valence-electron chi connectivity index (χ1n) is 10.9. The van der Waals surface area contributed by atoms with Crippen molar-refractivity contribution in [2.45, 2.75) is 124 Å². The second kappa shape index (κ2) is 20.0. The zero-order valence-corrected chi connectivity index (χ0v) is 16.7. The fourth-order valence-electron chi connectivity index (χ4n) is 3.27. The average molecular weight is 327 g/mol. The molecular formula is C22H46O. The first-order valence-corrected chi connectivity index (χ1v) is 10.9. The van der Waals surface area contributed by atoms with Crippen LogP contribution in [0.3, 0.4) is 0 Å². The van der Waals surface area contributed by atoms with Crippen molar-refractivity contribution in [1.29, 1.82) is 0 Å². The molecule has 0 N–H and O–H groups in total. The zero-order chi connectivity index (χ0) is 17.0. The lowest BCUT2D eigenvalue weighted by Gasteiger charge is -2.17. The number of rotatable bonds is 19. The van der Waals surface area contributed by atoms with E-state index < -0.39 is 0 Å². The van der Waals surface area contributed by atoms with Crippen LogP contribution in [-0.4, -0.2) is 13.2 Å². The molecule has 0 radical (unpaired) electrons. The molecule has 23 heavy (non-hydrogen) atoms. The molecule has 0 aromatic heterocycles. The first-order chi connectivity index (χ1) is 11.3. The van der Waals surface area contributed by atoms with Gasteiger partial charge in [0.2, 0.25) is 0 Å². The first kappa shape index (κ1) is 23.0. The van der Waals surface area contributed by atoms with Gasteiger partial charge in [-0.25, -0.2) is 0 Å². The van der Waals surface area contributed by atoms with E-state index in [1.807, 2.05) is 0 Å². The third-order valence-corrected chi connectivity index (χ3v) is 4.93. The highest BCUT2D eigenvalue weighted by Crippen LogP contribution is 2.19. The summed E-state index contributed by atoms with van der Waals surface area (Å²) < 4.78 is 6.01. The Hall–Kier alpha value is -0.0400. The molecule has 0 saturated carbocycles. The Labute approximate surface area is 148 Å². The van der Waals surface area contributed by atoms with Gasteiger partial charge in [0.25, 0.3) is 0 Å². The lowest BCUT2D eigenvalue weighted by Crippen LogP contribution is -2.11. The fourth-order valence-corrected chi connectivity index (χ4v) is 3.27. The van der Waals surface area contributed by atoms with E-state index in [0.29, 0.717) is 0 Å². The normalized spacial score (nSPS) is 12.7. The van der Waals surface area contributed by atoms with E-state index in [1.165, 1.54) is 103 Å². The molecule has 1 nitrogen and oxygen atoms in total. The Kier molecular flexibility index (Phi) is 20.0. The molecule has 0 rings (SSSR count). The predicted molar refractivity (Wildman–Crippen MR) is 105 cm³/mol. The van der Waals surface area contributed by atoms with Crippen LogP contribution in [0.15, 0.2) is 0 Å². The number of ether oxygens (including phenoxy) is 1. The van der Waals surface area contributed by atoms with Gasteiger partial charge in [-0.05, 0) is 25.2 Å². The van der Waals surface area contributed by atoms with Gasteiger partial charge in [0.05, 0.1) is 0 Å². The van der Waals surface area contributed by atoms with Gasteiger partial charge in [-0.1, -0.05) is 104 Å². The molecule has 1 atom stereocenters. The molecule has 0 heterocycles. The van der Waals surface area contributed by atoms with Gasteiger partial charge in [0.15, 0.2) is 0 Å². The van der Waals surface area contributed by atoms with Crippen LogP contribution < -0.4 is 0 Å². The van der Waals surface area contributed by atoms with Crippen LogP contribution in [-0.2, 0) is 4.74 Å². The van der Waals surface area contributed by atoms with Gasteiger partial charge in [-0.15, -0.1) is 0 Å². The van der Waals surface area contributed by atoms with Crippen LogP contribution in [0, 0.1) is 5.92 Å². The summed E-state index contributed by atoms with van der Waals surface area (Å²) in [5, 5.41) is 0. The van der Waals surface area contributed by atoms with Gasteiger partial charge >= 0.3 is 0 Å². The van der Waals surface area contributed by atoms with Crippen molar-refractivity contribution in [2.24, 2.45) is 5.92 Å². The molecular weight excluding hydrogens is 280 g/mol. The molecule has 140 valence electrons. The summed E-state index contributed by atoms with van der Waals surface area (Å²) in [6.45, 7) is 8.89. The third kappa shape index (κ3) is 18.1. The van der Waals surface area contributed by atoms with E-state index in [2.05, 4.69) is 20.8 Å². The van der Waals surface area contributed by atoms with Crippen molar-refractivity contribution in [1.82, 2.24) is 0 Å².